The lowest BCUT2D eigenvalue weighted by Gasteiger charge is -2.18. The second-order valence-corrected chi connectivity index (χ2v) is 6.57. The molecule has 134 valence electrons. The zero-order chi connectivity index (χ0) is 17.5. The molecule has 2 aromatic rings. The van der Waals surface area contributed by atoms with Gasteiger partial charge in [-0.1, -0.05) is 23.7 Å². The molecule has 0 unspecified atom stereocenters. The van der Waals surface area contributed by atoms with Gasteiger partial charge in [0.05, 0.1) is 12.3 Å². The van der Waals surface area contributed by atoms with E-state index in [1.54, 1.807) is 0 Å². The van der Waals surface area contributed by atoms with Crippen LogP contribution in [0.25, 0.3) is 11.3 Å². The Labute approximate surface area is 152 Å². The maximum absolute atomic E-state index is 12.1. The van der Waals surface area contributed by atoms with Gasteiger partial charge in [-0.3, -0.25) is 9.89 Å². The van der Waals surface area contributed by atoms with Crippen molar-refractivity contribution in [2.24, 2.45) is 0 Å². The highest BCUT2D eigenvalue weighted by molar-refractivity contribution is 6.30. The Morgan fingerprint density at radius 3 is 2.96 bits per heavy atom. The summed E-state index contributed by atoms with van der Waals surface area (Å²) in [5.41, 5.74) is 1.72. The standard InChI is InChI=1S/C18H23ClN4O2/c19-15-6-4-14(5-7-15)16-13-17(22-21-16)20-18(24)3-1-8-23-9-2-11-25-12-10-23/h4-7,13H,1-3,8-12H2,(H2,20,21,22,24). The second kappa shape index (κ2) is 8.99. The lowest BCUT2D eigenvalue weighted by atomic mass is 10.1. The predicted molar refractivity (Wildman–Crippen MR) is 98.8 cm³/mol. The fourth-order valence-electron chi connectivity index (χ4n) is 2.85. The summed E-state index contributed by atoms with van der Waals surface area (Å²) < 4.78 is 5.44. The van der Waals surface area contributed by atoms with Crippen LogP contribution in [0, 0.1) is 0 Å². The molecule has 2 heterocycles. The lowest BCUT2D eigenvalue weighted by molar-refractivity contribution is -0.116. The highest BCUT2D eigenvalue weighted by atomic mass is 35.5. The number of aromatic nitrogens is 2. The van der Waals surface area contributed by atoms with E-state index < -0.39 is 0 Å². The molecule has 0 atom stereocenters. The molecule has 0 radical (unpaired) electrons. The first-order valence-corrected chi connectivity index (χ1v) is 9.00. The quantitative estimate of drug-likeness (QED) is 0.828. The van der Waals surface area contributed by atoms with Gasteiger partial charge in [-0.25, -0.2) is 0 Å². The van der Waals surface area contributed by atoms with Crippen LogP contribution in [0.3, 0.4) is 0 Å². The number of halogens is 1. The number of ether oxygens (including phenoxy) is 1. The first kappa shape index (κ1) is 17.9. The third kappa shape index (κ3) is 5.56. The zero-order valence-electron chi connectivity index (χ0n) is 14.1. The molecule has 1 saturated heterocycles. The molecule has 1 fully saturated rings. The van der Waals surface area contributed by atoms with Gasteiger partial charge in [-0.2, -0.15) is 5.10 Å². The third-order valence-electron chi connectivity index (χ3n) is 4.18. The van der Waals surface area contributed by atoms with Crippen LogP contribution in [0.5, 0.6) is 0 Å². The van der Waals surface area contributed by atoms with E-state index in [2.05, 4.69) is 20.4 Å². The second-order valence-electron chi connectivity index (χ2n) is 6.13. The monoisotopic (exact) mass is 362 g/mol. The van der Waals surface area contributed by atoms with Gasteiger partial charge in [0.1, 0.15) is 5.82 Å². The van der Waals surface area contributed by atoms with E-state index in [-0.39, 0.29) is 5.91 Å². The topological polar surface area (TPSA) is 70.2 Å². The van der Waals surface area contributed by atoms with Gasteiger partial charge < -0.3 is 15.0 Å². The Hall–Kier alpha value is -1.89. The third-order valence-corrected chi connectivity index (χ3v) is 4.44. The number of amides is 1. The lowest BCUT2D eigenvalue weighted by Crippen LogP contribution is -2.28. The van der Waals surface area contributed by atoms with Gasteiger partial charge in [-0.15, -0.1) is 0 Å². The van der Waals surface area contributed by atoms with Gasteiger partial charge in [0, 0.05) is 42.8 Å². The molecule has 3 rings (SSSR count). The largest absolute Gasteiger partial charge is 0.380 e. The van der Waals surface area contributed by atoms with Crippen molar-refractivity contribution in [3.63, 3.8) is 0 Å². The summed E-state index contributed by atoms with van der Waals surface area (Å²) in [6.07, 6.45) is 2.39. The SMILES string of the molecule is O=C(CCCN1CCCOCC1)Nc1cc(-c2ccc(Cl)cc2)n[nH]1. The van der Waals surface area contributed by atoms with Gasteiger partial charge >= 0.3 is 0 Å². The van der Waals surface area contributed by atoms with E-state index in [0.29, 0.717) is 17.3 Å². The average molecular weight is 363 g/mol. The van der Waals surface area contributed by atoms with E-state index in [9.17, 15) is 4.79 Å². The van der Waals surface area contributed by atoms with E-state index in [0.717, 1.165) is 56.9 Å². The number of carbonyl (C=O) groups is 1. The molecule has 1 amide bonds. The Morgan fingerprint density at radius 1 is 1.28 bits per heavy atom. The van der Waals surface area contributed by atoms with Crippen molar-refractivity contribution in [2.75, 3.05) is 38.2 Å². The number of nitrogens with one attached hydrogen (secondary N) is 2. The summed E-state index contributed by atoms with van der Waals surface area (Å²) in [5.74, 6) is 0.607. The van der Waals surface area contributed by atoms with Crippen molar-refractivity contribution in [3.8, 4) is 11.3 Å². The van der Waals surface area contributed by atoms with Gasteiger partial charge in [0.25, 0.3) is 0 Å². The predicted octanol–water partition coefficient (Wildman–Crippen LogP) is 3.17. The summed E-state index contributed by atoms with van der Waals surface area (Å²) in [6, 6.07) is 9.26. The van der Waals surface area contributed by atoms with Crippen LogP contribution in [0.1, 0.15) is 19.3 Å². The number of H-pyrrole nitrogens is 1. The molecular formula is C18H23ClN4O2. The normalized spacial score (nSPS) is 15.7. The first-order chi connectivity index (χ1) is 12.2. The van der Waals surface area contributed by atoms with Crippen LogP contribution < -0.4 is 5.32 Å². The molecular weight excluding hydrogens is 340 g/mol. The maximum Gasteiger partial charge on any atom is 0.225 e. The van der Waals surface area contributed by atoms with E-state index in [1.165, 1.54) is 0 Å². The van der Waals surface area contributed by atoms with Crippen LogP contribution in [-0.4, -0.2) is 53.9 Å². The van der Waals surface area contributed by atoms with E-state index >= 15 is 0 Å². The minimum atomic E-state index is -0.00243. The van der Waals surface area contributed by atoms with Crippen molar-refractivity contribution in [1.82, 2.24) is 15.1 Å². The molecule has 1 aliphatic heterocycles. The summed E-state index contributed by atoms with van der Waals surface area (Å²) in [7, 11) is 0. The molecule has 2 N–H and O–H groups in total. The molecule has 0 aliphatic carbocycles. The summed E-state index contributed by atoms with van der Waals surface area (Å²) in [6.45, 7) is 4.55. The molecule has 6 nitrogen and oxygen atoms in total. The zero-order valence-corrected chi connectivity index (χ0v) is 14.9. The fourth-order valence-corrected chi connectivity index (χ4v) is 2.98. The van der Waals surface area contributed by atoms with Crippen molar-refractivity contribution >= 4 is 23.3 Å². The van der Waals surface area contributed by atoms with Crippen LogP contribution in [0.15, 0.2) is 30.3 Å². The molecule has 1 aromatic carbocycles. The average Bonchev–Trinajstić information content (AvgIpc) is 2.90. The van der Waals surface area contributed by atoms with Gasteiger partial charge in [0.2, 0.25) is 5.91 Å². The summed E-state index contributed by atoms with van der Waals surface area (Å²) in [4.78, 5) is 14.4. The number of rotatable bonds is 6. The number of aromatic amines is 1. The van der Waals surface area contributed by atoms with Crippen molar-refractivity contribution < 1.29 is 9.53 Å². The Kier molecular flexibility index (Phi) is 6.44. The summed E-state index contributed by atoms with van der Waals surface area (Å²) in [5, 5.41) is 10.6. The smallest absolute Gasteiger partial charge is 0.225 e. The number of anilines is 1. The van der Waals surface area contributed by atoms with Crippen LogP contribution in [0.2, 0.25) is 5.02 Å². The fraction of sp³-hybridized carbons (Fsp3) is 0.444. The molecule has 25 heavy (non-hydrogen) atoms. The molecule has 0 saturated carbocycles. The molecule has 1 aromatic heterocycles. The van der Waals surface area contributed by atoms with E-state index in [1.807, 2.05) is 30.3 Å². The molecule has 7 heteroatoms. The van der Waals surface area contributed by atoms with Crippen molar-refractivity contribution in [1.29, 1.82) is 0 Å². The van der Waals surface area contributed by atoms with E-state index in [4.69, 9.17) is 16.3 Å². The highest BCUT2D eigenvalue weighted by Gasteiger charge is 2.11. The number of hydrogen-bond donors (Lipinski definition) is 2. The van der Waals surface area contributed by atoms with Crippen molar-refractivity contribution in [2.45, 2.75) is 19.3 Å². The maximum atomic E-state index is 12.1. The molecule has 0 bridgehead atoms. The Bertz CT molecular complexity index is 679. The van der Waals surface area contributed by atoms with Crippen LogP contribution >= 0.6 is 11.6 Å². The number of nitrogens with zero attached hydrogens (tertiary/aromatic N) is 2. The van der Waals surface area contributed by atoms with Gasteiger partial charge in [-0.05, 0) is 31.5 Å². The number of benzene rings is 1. The Morgan fingerprint density at radius 2 is 2.12 bits per heavy atom. The molecule has 0 spiro atoms. The Balaban J connectivity index is 1.44. The van der Waals surface area contributed by atoms with Crippen molar-refractivity contribution in [3.05, 3.63) is 35.4 Å². The minimum Gasteiger partial charge on any atom is -0.380 e. The summed E-state index contributed by atoms with van der Waals surface area (Å²) >= 11 is 5.89. The number of carbonyl (C=O) groups excluding carboxylic acids is 1. The number of hydrogen-bond acceptors (Lipinski definition) is 4. The van der Waals surface area contributed by atoms with Crippen LogP contribution in [0.4, 0.5) is 5.82 Å². The highest BCUT2D eigenvalue weighted by Crippen LogP contribution is 2.21. The van der Waals surface area contributed by atoms with Gasteiger partial charge in [0.15, 0.2) is 0 Å². The first-order valence-electron chi connectivity index (χ1n) is 8.62. The minimum absolute atomic E-state index is 0.00243. The van der Waals surface area contributed by atoms with Crippen LogP contribution in [-0.2, 0) is 9.53 Å². The molecule has 1 aliphatic rings.